The number of anilines is 1. The molecule has 0 saturated carbocycles. The van der Waals surface area contributed by atoms with Crippen molar-refractivity contribution < 1.29 is 14.2 Å². The molecule has 7 heteroatoms. The average Bonchev–Trinajstić information content (AvgIpc) is 3.10. The van der Waals surface area contributed by atoms with E-state index in [4.69, 9.17) is 4.74 Å². The Kier molecular flexibility index (Phi) is 6.14. The third-order valence-corrected chi connectivity index (χ3v) is 4.25. The molecule has 0 bridgehead atoms. The normalized spacial score (nSPS) is 18.3. The van der Waals surface area contributed by atoms with Crippen LogP contribution in [0.4, 0.5) is 10.2 Å². The van der Waals surface area contributed by atoms with E-state index in [0.29, 0.717) is 18.3 Å². The standard InChI is InChI=1S/C18H23FN4O2/c19-14-5-7-17(8-6-14)25-13-16(24)12-20-11-15-3-2-10-23(15)18-4-1-9-21-22-18/h1,4-9,15-16,20,24H,2-3,10-13H2/t15-,16+/m0/s1. The molecule has 0 aliphatic carbocycles. The maximum atomic E-state index is 12.8. The first-order valence-corrected chi connectivity index (χ1v) is 8.54. The lowest BCUT2D eigenvalue weighted by Gasteiger charge is -2.26. The zero-order chi connectivity index (χ0) is 17.5. The quantitative estimate of drug-likeness (QED) is 0.757. The van der Waals surface area contributed by atoms with Crippen LogP contribution in [0.15, 0.2) is 42.6 Å². The fourth-order valence-corrected chi connectivity index (χ4v) is 2.99. The first-order chi connectivity index (χ1) is 12.2. The number of nitrogens with zero attached hydrogens (tertiary/aromatic N) is 3. The van der Waals surface area contributed by atoms with Crippen molar-refractivity contribution in [1.29, 1.82) is 0 Å². The molecule has 6 nitrogen and oxygen atoms in total. The molecule has 0 amide bonds. The Morgan fingerprint density at radius 3 is 2.92 bits per heavy atom. The minimum Gasteiger partial charge on any atom is -0.491 e. The van der Waals surface area contributed by atoms with Crippen molar-refractivity contribution in [2.24, 2.45) is 0 Å². The summed E-state index contributed by atoms with van der Waals surface area (Å²) >= 11 is 0. The van der Waals surface area contributed by atoms with Gasteiger partial charge in [-0.25, -0.2) is 4.39 Å². The summed E-state index contributed by atoms with van der Waals surface area (Å²) in [7, 11) is 0. The van der Waals surface area contributed by atoms with E-state index in [1.165, 1.54) is 12.1 Å². The van der Waals surface area contributed by atoms with Gasteiger partial charge in [-0.1, -0.05) is 0 Å². The van der Waals surface area contributed by atoms with E-state index in [-0.39, 0.29) is 12.4 Å². The molecule has 2 atom stereocenters. The third kappa shape index (κ3) is 5.11. The van der Waals surface area contributed by atoms with Gasteiger partial charge in [-0.15, -0.1) is 5.10 Å². The van der Waals surface area contributed by atoms with Crippen LogP contribution in [-0.4, -0.2) is 53.7 Å². The monoisotopic (exact) mass is 346 g/mol. The van der Waals surface area contributed by atoms with Crippen LogP contribution in [0, 0.1) is 5.82 Å². The van der Waals surface area contributed by atoms with Crippen LogP contribution in [0.5, 0.6) is 5.75 Å². The van der Waals surface area contributed by atoms with E-state index >= 15 is 0 Å². The molecule has 0 radical (unpaired) electrons. The first-order valence-electron chi connectivity index (χ1n) is 8.54. The fraction of sp³-hybridized carbons (Fsp3) is 0.444. The fourth-order valence-electron chi connectivity index (χ4n) is 2.99. The highest BCUT2D eigenvalue weighted by Crippen LogP contribution is 2.22. The molecule has 1 aliphatic rings. The Balaban J connectivity index is 1.39. The lowest BCUT2D eigenvalue weighted by molar-refractivity contribution is 0.106. The van der Waals surface area contributed by atoms with Gasteiger partial charge in [0.2, 0.25) is 0 Å². The highest BCUT2D eigenvalue weighted by atomic mass is 19.1. The van der Waals surface area contributed by atoms with Crippen LogP contribution in [0.3, 0.4) is 0 Å². The zero-order valence-electron chi connectivity index (χ0n) is 14.0. The molecule has 1 aromatic carbocycles. The van der Waals surface area contributed by atoms with E-state index < -0.39 is 6.10 Å². The van der Waals surface area contributed by atoms with Gasteiger partial charge in [-0.05, 0) is 49.2 Å². The van der Waals surface area contributed by atoms with Crippen molar-refractivity contribution in [1.82, 2.24) is 15.5 Å². The number of benzene rings is 1. The summed E-state index contributed by atoms with van der Waals surface area (Å²) in [5.74, 6) is 1.14. The van der Waals surface area contributed by atoms with Crippen LogP contribution >= 0.6 is 0 Å². The Bertz CT molecular complexity index is 641. The van der Waals surface area contributed by atoms with Crippen molar-refractivity contribution in [2.75, 3.05) is 31.1 Å². The lowest BCUT2D eigenvalue weighted by atomic mass is 10.2. The number of hydrogen-bond donors (Lipinski definition) is 2. The van der Waals surface area contributed by atoms with Crippen LogP contribution in [-0.2, 0) is 0 Å². The molecule has 1 aromatic heterocycles. The topological polar surface area (TPSA) is 70.5 Å². The van der Waals surface area contributed by atoms with Gasteiger partial charge >= 0.3 is 0 Å². The van der Waals surface area contributed by atoms with Gasteiger partial charge in [0.1, 0.15) is 24.3 Å². The van der Waals surface area contributed by atoms with Crippen LogP contribution in [0.1, 0.15) is 12.8 Å². The Morgan fingerprint density at radius 2 is 2.16 bits per heavy atom. The van der Waals surface area contributed by atoms with Crippen LogP contribution in [0.25, 0.3) is 0 Å². The summed E-state index contributed by atoms with van der Waals surface area (Å²) in [6.07, 6.45) is 3.26. The number of rotatable bonds is 8. The summed E-state index contributed by atoms with van der Waals surface area (Å²) in [5.41, 5.74) is 0. The van der Waals surface area contributed by atoms with E-state index in [2.05, 4.69) is 20.4 Å². The van der Waals surface area contributed by atoms with E-state index in [0.717, 1.165) is 31.7 Å². The van der Waals surface area contributed by atoms with Crippen molar-refractivity contribution in [3.05, 3.63) is 48.4 Å². The van der Waals surface area contributed by atoms with Crippen molar-refractivity contribution in [3.8, 4) is 5.75 Å². The maximum absolute atomic E-state index is 12.8. The van der Waals surface area contributed by atoms with Crippen LogP contribution < -0.4 is 15.0 Å². The summed E-state index contributed by atoms with van der Waals surface area (Å²) in [4.78, 5) is 2.25. The first kappa shape index (κ1) is 17.6. The second-order valence-corrected chi connectivity index (χ2v) is 6.15. The van der Waals surface area contributed by atoms with E-state index in [1.807, 2.05) is 12.1 Å². The van der Waals surface area contributed by atoms with Gasteiger partial charge < -0.3 is 20.1 Å². The van der Waals surface area contributed by atoms with Gasteiger partial charge in [0, 0.05) is 31.9 Å². The van der Waals surface area contributed by atoms with Gasteiger partial charge in [-0.2, -0.15) is 5.10 Å². The SMILES string of the molecule is O[C@H](CNC[C@@H]1CCCN1c1cccnn1)COc1ccc(F)cc1. The summed E-state index contributed by atoms with van der Waals surface area (Å²) in [6, 6.07) is 9.97. The Labute approximate surface area is 146 Å². The number of aliphatic hydroxyl groups excluding tert-OH is 1. The average molecular weight is 346 g/mol. The maximum Gasteiger partial charge on any atom is 0.151 e. The molecular formula is C18H23FN4O2. The second kappa shape index (κ2) is 8.73. The molecule has 2 heterocycles. The predicted octanol–water partition coefficient (Wildman–Crippen LogP) is 1.61. The molecule has 0 unspecified atom stereocenters. The molecule has 0 spiro atoms. The number of aromatic nitrogens is 2. The number of aliphatic hydroxyl groups is 1. The molecule has 2 N–H and O–H groups in total. The molecule has 1 fully saturated rings. The number of nitrogens with one attached hydrogen (secondary N) is 1. The largest absolute Gasteiger partial charge is 0.491 e. The summed E-state index contributed by atoms with van der Waals surface area (Å²) in [6.45, 7) is 2.34. The molecular weight excluding hydrogens is 323 g/mol. The lowest BCUT2D eigenvalue weighted by Crippen LogP contribution is -2.41. The van der Waals surface area contributed by atoms with Gasteiger partial charge in [-0.3, -0.25) is 0 Å². The van der Waals surface area contributed by atoms with E-state index in [9.17, 15) is 9.50 Å². The highest BCUT2D eigenvalue weighted by Gasteiger charge is 2.25. The van der Waals surface area contributed by atoms with Gasteiger partial charge in [0.05, 0.1) is 0 Å². The van der Waals surface area contributed by atoms with Crippen molar-refractivity contribution in [2.45, 2.75) is 25.0 Å². The molecule has 1 saturated heterocycles. The Morgan fingerprint density at radius 1 is 1.32 bits per heavy atom. The second-order valence-electron chi connectivity index (χ2n) is 6.15. The predicted molar refractivity (Wildman–Crippen MR) is 93.2 cm³/mol. The number of hydrogen-bond acceptors (Lipinski definition) is 6. The molecule has 3 rings (SSSR count). The smallest absolute Gasteiger partial charge is 0.151 e. The number of halogens is 1. The van der Waals surface area contributed by atoms with Crippen LogP contribution in [0.2, 0.25) is 0 Å². The van der Waals surface area contributed by atoms with Crippen molar-refractivity contribution in [3.63, 3.8) is 0 Å². The highest BCUT2D eigenvalue weighted by molar-refractivity contribution is 5.39. The minimum atomic E-state index is -0.628. The summed E-state index contributed by atoms with van der Waals surface area (Å²) < 4.78 is 18.3. The Hall–Kier alpha value is -2.25. The molecule has 2 aromatic rings. The molecule has 25 heavy (non-hydrogen) atoms. The molecule has 1 aliphatic heterocycles. The molecule has 134 valence electrons. The number of ether oxygens (including phenoxy) is 1. The minimum absolute atomic E-state index is 0.164. The third-order valence-electron chi connectivity index (χ3n) is 4.25. The van der Waals surface area contributed by atoms with E-state index in [1.54, 1.807) is 18.3 Å². The van der Waals surface area contributed by atoms with Crippen molar-refractivity contribution >= 4 is 5.82 Å². The van der Waals surface area contributed by atoms with Gasteiger partial charge in [0.25, 0.3) is 0 Å². The zero-order valence-corrected chi connectivity index (χ0v) is 14.0. The van der Waals surface area contributed by atoms with Gasteiger partial charge in [0.15, 0.2) is 5.82 Å². The summed E-state index contributed by atoms with van der Waals surface area (Å²) in [5, 5.41) is 21.4.